The van der Waals surface area contributed by atoms with Crippen LogP contribution in [0.25, 0.3) is 0 Å². The number of ether oxygens (including phenoxy) is 1. The van der Waals surface area contributed by atoms with E-state index in [1.807, 2.05) is 0 Å². The van der Waals surface area contributed by atoms with E-state index in [1.54, 1.807) is 7.05 Å². The quantitative estimate of drug-likeness (QED) is 0.787. The molecular formula is C13H26N2O3S. The van der Waals surface area contributed by atoms with Gasteiger partial charge >= 0.3 is 0 Å². The highest BCUT2D eigenvalue weighted by Gasteiger charge is 2.25. The van der Waals surface area contributed by atoms with Crippen molar-refractivity contribution in [2.45, 2.75) is 38.2 Å². The Balaban J connectivity index is 1.75. The van der Waals surface area contributed by atoms with Crippen molar-refractivity contribution in [2.75, 3.05) is 39.0 Å². The van der Waals surface area contributed by atoms with Crippen LogP contribution >= 0.6 is 0 Å². The van der Waals surface area contributed by atoms with Gasteiger partial charge in [-0.15, -0.1) is 0 Å². The number of sulfonamides is 1. The summed E-state index contributed by atoms with van der Waals surface area (Å²) in [6, 6.07) is 0. The highest BCUT2D eigenvalue weighted by Crippen LogP contribution is 2.19. The Morgan fingerprint density at radius 3 is 2.63 bits per heavy atom. The molecule has 0 aromatic rings. The van der Waals surface area contributed by atoms with Crippen LogP contribution < -0.4 is 5.32 Å². The normalized spacial score (nSPS) is 26.1. The topological polar surface area (TPSA) is 58.6 Å². The van der Waals surface area contributed by atoms with Gasteiger partial charge in [-0.05, 0) is 51.1 Å². The summed E-state index contributed by atoms with van der Waals surface area (Å²) >= 11 is 0. The molecule has 0 radical (unpaired) electrons. The lowest BCUT2D eigenvalue weighted by Crippen LogP contribution is -2.36. The van der Waals surface area contributed by atoms with Gasteiger partial charge in [0.1, 0.15) is 0 Å². The van der Waals surface area contributed by atoms with Crippen LogP contribution in [0, 0.1) is 5.92 Å². The van der Waals surface area contributed by atoms with E-state index in [-0.39, 0.29) is 11.9 Å². The molecule has 0 spiro atoms. The third-order valence-corrected chi connectivity index (χ3v) is 6.05. The monoisotopic (exact) mass is 290 g/mol. The Morgan fingerprint density at radius 1 is 1.26 bits per heavy atom. The van der Waals surface area contributed by atoms with Crippen LogP contribution in [-0.4, -0.2) is 57.9 Å². The maximum Gasteiger partial charge on any atom is 0.213 e. The molecule has 19 heavy (non-hydrogen) atoms. The summed E-state index contributed by atoms with van der Waals surface area (Å²) < 4.78 is 31.4. The van der Waals surface area contributed by atoms with E-state index in [9.17, 15) is 8.42 Å². The molecule has 112 valence electrons. The van der Waals surface area contributed by atoms with Crippen LogP contribution in [0.3, 0.4) is 0 Å². The highest BCUT2D eigenvalue weighted by molar-refractivity contribution is 7.89. The van der Waals surface area contributed by atoms with E-state index < -0.39 is 10.0 Å². The third kappa shape index (κ3) is 4.70. The van der Waals surface area contributed by atoms with Gasteiger partial charge in [-0.25, -0.2) is 12.7 Å². The van der Waals surface area contributed by atoms with Gasteiger partial charge in [-0.3, -0.25) is 0 Å². The van der Waals surface area contributed by atoms with Crippen molar-refractivity contribution >= 4 is 10.0 Å². The molecule has 2 rings (SSSR count). The number of rotatable bonds is 6. The minimum atomic E-state index is -3.11. The molecule has 0 aromatic heterocycles. The number of hydrogen-bond donors (Lipinski definition) is 1. The fourth-order valence-corrected chi connectivity index (χ4v) is 4.17. The minimum absolute atomic E-state index is 0.0960. The smallest absolute Gasteiger partial charge is 0.213 e. The summed E-state index contributed by atoms with van der Waals surface area (Å²) in [5.74, 6) is 0.841. The lowest BCUT2D eigenvalue weighted by molar-refractivity contribution is 0.0978. The second-order valence-electron chi connectivity index (χ2n) is 5.71. The van der Waals surface area contributed by atoms with Gasteiger partial charge in [0.2, 0.25) is 10.0 Å². The standard InChI is InChI=1S/C13H26N2O3S/c1-15(11-13-3-2-9-18-13)19(16,17)10-6-12-4-7-14-8-5-12/h12-14H,2-11H2,1H3. The molecule has 1 N–H and O–H groups in total. The Labute approximate surface area is 116 Å². The lowest BCUT2D eigenvalue weighted by Gasteiger charge is -2.24. The van der Waals surface area contributed by atoms with Gasteiger partial charge in [0.05, 0.1) is 11.9 Å². The maximum atomic E-state index is 12.2. The van der Waals surface area contributed by atoms with E-state index in [0.717, 1.165) is 51.8 Å². The molecule has 0 amide bonds. The van der Waals surface area contributed by atoms with Crippen molar-refractivity contribution in [3.8, 4) is 0 Å². The summed E-state index contributed by atoms with van der Waals surface area (Å²) in [4.78, 5) is 0. The molecule has 2 saturated heterocycles. The molecule has 2 aliphatic heterocycles. The summed E-state index contributed by atoms with van der Waals surface area (Å²) in [6.45, 7) is 3.33. The number of likely N-dealkylation sites (N-methyl/N-ethyl adjacent to an activating group) is 1. The molecule has 0 aliphatic carbocycles. The van der Waals surface area contributed by atoms with E-state index in [4.69, 9.17) is 4.74 Å². The average Bonchev–Trinajstić information content (AvgIpc) is 2.90. The Morgan fingerprint density at radius 2 is 2.00 bits per heavy atom. The second kappa shape index (κ2) is 7.02. The first-order valence-corrected chi connectivity index (χ1v) is 8.95. The zero-order chi connectivity index (χ0) is 13.7. The van der Waals surface area contributed by atoms with Crippen molar-refractivity contribution in [1.29, 1.82) is 0 Å². The predicted octanol–water partition coefficient (Wildman–Crippen LogP) is 0.817. The first-order chi connectivity index (χ1) is 9.08. The van der Waals surface area contributed by atoms with Crippen LogP contribution in [-0.2, 0) is 14.8 Å². The SMILES string of the molecule is CN(CC1CCCO1)S(=O)(=O)CCC1CCNCC1. The van der Waals surface area contributed by atoms with Gasteiger partial charge in [-0.2, -0.15) is 0 Å². The second-order valence-corrected chi connectivity index (χ2v) is 7.91. The van der Waals surface area contributed by atoms with E-state index >= 15 is 0 Å². The molecule has 2 fully saturated rings. The molecular weight excluding hydrogens is 264 g/mol. The Kier molecular flexibility index (Phi) is 5.62. The first-order valence-electron chi connectivity index (χ1n) is 7.34. The zero-order valence-corrected chi connectivity index (χ0v) is 12.6. The van der Waals surface area contributed by atoms with E-state index in [1.165, 1.54) is 4.31 Å². The number of hydrogen-bond acceptors (Lipinski definition) is 4. The predicted molar refractivity (Wildman–Crippen MR) is 75.6 cm³/mol. The Bertz CT molecular complexity index is 360. The van der Waals surface area contributed by atoms with Crippen LogP contribution in [0.2, 0.25) is 0 Å². The lowest BCUT2D eigenvalue weighted by atomic mass is 9.96. The number of nitrogens with one attached hydrogen (secondary N) is 1. The molecule has 6 heteroatoms. The fourth-order valence-electron chi connectivity index (χ4n) is 2.83. The maximum absolute atomic E-state index is 12.2. The van der Waals surface area contributed by atoms with E-state index in [0.29, 0.717) is 12.5 Å². The summed E-state index contributed by atoms with van der Waals surface area (Å²) in [7, 11) is -1.43. The van der Waals surface area contributed by atoms with Gasteiger partial charge < -0.3 is 10.1 Å². The van der Waals surface area contributed by atoms with Crippen molar-refractivity contribution in [3.63, 3.8) is 0 Å². The van der Waals surface area contributed by atoms with Crippen molar-refractivity contribution in [1.82, 2.24) is 9.62 Å². The molecule has 0 saturated carbocycles. The summed E-state index contributed by atoms with van der Waals surface area (Å²) in [5, 5.41) is 3.31. The van der Waals surface area contributed by atoms with Gasteiger partial charge in [-0.1, -0.05) is 0 Å². The van der Waals surface area contributed by atoms with Gasteiger partial charge in [0, 0.05) is 20.2 Å². The molecule has 1 unspecified atom stereocenters. The van der Waals surface area contributed by atoms with E-state index in [2.05, 4.69) is 5.32 Å². The van der Waals surface area contributed by atoms with Gasteiger partial charge in [0.15, 0.2) is 0 Å². The van der Waals surface area contributed by atoms with Crippen LogP contribution in [0.15, 0.2) is 0 Å². The molecule has 1 atom stereocenters. The fraction of sp³-hybridized carbons (Fsp3) is 1.00. The summed E-state index contributed by atoms with van der Waals surface area (Å²) in [6.07, 6.45) is 5.12. The molecule has 0 aromatic carbocycles. The molecule has 0 bridgehead atoms. The Hall–Kier alpha value is -0.170. The van der Waals surface area contributed by atoms with Crippen LogP contribution in [0.4, 0.5) is 0 Å². The molecule has 2 heterocycles. The average molecular weight is 290 g/mol. The molecule has 2 aliphatic rings. The third-order valence-electron chi connectivity index (χ3n) is 4.20. The highest BCUT2D eigenvalue weighted by atomic mass is 32.2. The van der Waals surface area contributed by atoms with Crippen LogP contribution in [0.5, 0.6) is 0 Å². The first kappa shape index (κ1) is 15.2. The zero-order valence-electron chi connectivity index (χ0n) is 11.8. The largest absolute Gasteiger partial charge is 0.377 e. The number of piperidine rings is 1. The van der Waals surface area contributed by atoms with Crippen LogP contribution in [0.1, 0.15) is 32.1 Å². The van der Waals surface area contributed by atoms with Crippen molar-refractivity contribution < 1.29 is 13.2 Å². The minimum Gasteiger partial charge on any atom is -0.377 e. The van der Waals surface area contributed by atoms with Crippen molar-refractivity contribution in [3.05, 3.63) is 0 Å². The summed E-state index contributed by atoms with van der Waals surface area (Å²) in [5.41, 5.74) is 0. The van der Waals surface area contributed by atoms with Crippen molar-refractivity contribution in [2.24, 2.45) is 5.92 Å². The molecule has 5 nitrogen and oxygen atoms in total. The number of nitrogens with zero attached hydrogens (tertiary/aromatic N) is 1. The van der Waals surface area contributed by atoms with Gasteiger partial charge in [0.25, 0.3) is 0 Å².